The molecule has 6 rings (SSSR count). The van der Waals surface area contributed by atoms with Crippen LogP contribution in [0.25, 0.3) is 0 Å². The molecule has 2 saturated heterocycles. The van der Waals surface area contributed by atoms with E-state index in [1.807, 2.05) is 20.8 Å². The zero-order valence-corrected chi connectivity index (χ0v) is 25.7. The Morgan fingerprint density at radius 2 is 1.84 bits per heavy atom. The summed E-state index contributed by atoms with van der Waals surface area (Å²) in [4.78, 5) is 66.6. The Hall–Kier alpha value is -3.21. The summed E-state index contributed by atoms with van der Waals surface area (Å²) in [7, 11) is 1.20. The first-order valence-corrected chi connectivity index (χ1v) is 15.1. The highest BCUT2D eigenvalue weighted by molar-refractivity contribution is 5.94. The van der Waals surface area contributed by atoms with Crippen molar-refractivity contribution in [3.05, 3.63) is 24.2 Å². The van der Waals surface area contributed by atoms with Crippen LogP contribution in [-0.4, -0.2) is 60.7 Å². The van der Waals surface area contributed by atoms with E-state index in [1.165, 1.54) is 14.0 Å². The number of furan rings is 1. The van der Waals surface area contributed by atoms with Crippen molar-refractivity contribution in [2.24, 2.45) is 39.9 Å². The molecule has 1 aromatic heterocycles. The Morgan fingerprint density at radius 1 is 1.12 bits per heavy atom. The number of fused-ring (bicyclic) bond motifs is 5. The maximum Gasteiger partial charge on any atom is 0.347 e. The zero-order chi connectivity index (χ0) is 31.3. The van der Waals surface area contributed by atoms with Crippen LogP contribution in [0, 0.1) is 39.9 Å². The molecule has 1 spiro atoms. The normalized spacial score (nSPS) is 42.7. The van der Waals surface area contributed by atoms with Crippen molar-refractivity contribution < 1.29 is 52.1 Å². The van der Waals surface area contributed by atoms with Gasteiger partial charge in [-0.05, 0) is 18.9 Å². The van der Waals surface area contributed by atoms with E-state index in [0.717, 1.165) is 5.56 Å². The molecule has 11 nitrogen and oxygen atoms in total. The lowest BCUT2D eigenvalue weighted by molar-refractivity contribution is -0.235. The van der Waals surface area contributed by atoms with Crippen LogP contribution in [0.2, 0.25) is 0 Å². The number of rotatable bonds is 6. The predicted molar refractivity (Wildman–Crippen MR) is 146 cm³/mol. The number of ketones is 1. The fourth-order valence-corrected chi connectivity index (χ4v) is 9.99. The molecule has 43 heavy (non-hydrogen) atoms. The molecule has 5 aliphatic rings. The molecular formula is C32H40O11. The molecule has 2 bridgehead atoms. The number of methoxy groups -OCH3 is 1. The lowest BCUT2D eigenvalue weighted by Gasteiger charge is -2.65. The topological polar surface area (TPSA) is 148 Å². The maximum atomic E-state index is 14.8. The summed E-state index contributed by atoms with van der Waals surface area (Å²) in [6, 6.07) is 1.79. The summed E-state index contributed by atoms with van der Waals surface area (Å²) in [5.41, 5.74) is -2.99. The van der Waals surface area contributed by atoms with Crippen LogP contribution in [-0.2, 0) is 47.7 Å². The number of carbonyl (C=O) groups is 5. The Bertz CT molecular complexity index is 1360. The lowest BCUT2D eigenvalue weighted by Crippen LogP contribution is -2.74. The van der Waals surface area contributed by atoms with Crippen LogP contribution in [0.4, 0.5) is 0 Å². The number of carbonyl (C=O) groups excluding carboxylic acids is 5. The molecule has 0 aromatic carbocycles. The number of ether oxygens (including phenoxy) is 5. The second kappa shape index (κ2) is 9.64. The fraction of sp³-hybridized carbons (Fsp3) is 0.719. The van der Waals surface area contributed by atoms with Gasteiger partial charge < -0.3 is 28.1 Å². The number of esters is 4. The molecule has 3 saturated carbocycles. The van der Waals surface area contributed by atoms with Crippen LogP contribution >= 0.6 is 0 Å². The van der Waals surface area contributed by atoms with Crippen LogP contribution in [0.15, 0.2) is 23.0 Å². The van der Waals surface area contributed by atoms with Gasteiger partial charge in [-0.3, -0.25) is 19.2 Å². The van der Waals surface area contributed by atoms with E-state index in [4.69, 9.17) is 28.1 Å². The van der Waals surface area contributed by atoms with E-state index in [0.29, 0.717) is 12.8 Å². The highest BCUT2D eigenvalue weighted by Crippen LogP contribution is 2.77. The van der Waals surface area contributed by atoms with E-state index in [1.54, 1.807) is 25.5 Å². The fourth-order valence-electron chi connectivity index (χ4n) is 9.99. The second-order valence-corrected chi connectivity index (χ2v) is 14.0. The number of hydrogen-bond acceptors (Lipinski definition) is 11. The average Bonchev–Trinajstić information content (AvgIpc) is 3.40. The van der Waals surface area contributed by atoms with Gasteiger partial charge >= 0.3 is 23.9 Å². The first-order chi connectivity index (χ1) is 20.2. The second-order valence-electron chi connectivity index (χ2n) is 14.0. The van der Waals surface area contributed by atoms with Crippen LogP contribution < -0.4 is 0 Å². The summed E-state index contributed by atoms with van der Waals surface area (Å²) in [6.07, 6.45) is 0.843. The van der Waals surface area contributed by atoms with Gasteiger partial charge in [-0.2, -0.15) is 0 Å². The molecule has 0 radical (unpaired) electrons. The first kappa shape index (κ1) is 29.8. The zero-order valence-electron chi connectivity index (χ0n) is 25.7. The summed E-state index contributed by atoms with van der Waals surface area (Å²) in [5, 5.41) is 0. The van der Waals surface area contributed by atoms with E-state index < -0.39 is 81.9 Å². The highest BCUT2D eigenvalue weighted by Gasteiger charge is 2.86. The van der Waals surface area contributed by atoms with Crippen molar-refractivity contribution in [1.82, 2.24) is 0 Å². The minimum absolute atomic E-state index is 0.0814. The minimum atomic E-state index is -1.44. The van der Waals surface area contributed by atoms with Gasteiger partial charge in [-0.15, -0.1) is 0 Å². The van der Waals surface area contributed by atoms with Gasteiger partial charge in [0, 0.05) is 52.9 Å². The number of Topliss-reactive ketones (excluding diaryl/α,β-unsaturated/α-hetero) is 1. The van der Waals surface area contributed by atoms with Crippen molar-refractivity contribution in [3.63, 3.8) is 0 Å². The lowest BCUT2D eigenvalue weighted by atomic mass is 9.37. The third-order valence-corrected chi connectivity index (χ3v) is 11.6. The molecule has 11 heteroatoms. The van der Waals surface area contributed by atoms with Gasteiger partial charge in [-0.1, -0.05) is 34.6 Å². The Morgan fingerprint density at radius 3 is 2.44 bits per heavy atom. The van der Waals surface area contributed by atoms with Crippen molar-refractivity contribution in [2.75, 3.05) is 7.11 Å². The van der Waals surface area contributed by atoms with E-state index in [9.17, 15) is 24.0 Å². The summed E-state index contributed by atoms with van der Waals surface area (Å²) in [6.45, 7) is 10.5. The first-order valence-electron chi connectivity index (χ1n) is 15.1. The molecule has 3 heterocycles. The maximum absolute atomic E-state index is 14.8. The van der Waals surface area contributed by atoms with Gasteiger partial charge in [-0.25, -0.2) is 4.79 Å². The molecule has 11 atom stereocenters. The molecule has 0 N–H and O–H groups in total. The molecular weight excluding hydrogens is 560 g/mol. The van der Waals surface area contributed by atoms with Gasteiger partial charge in [0.15, 0.2) is 0 Å². The van der Waals surface area contributed by atoms with Crippen LogP contribution in [0.5, 0.6) is 0 Å². The smallest absolute Gasteiger partial charge is 0.347 e. The van der Waals surface area contributed by atoms with E-state index in [-0.39, 0.29) is 30.5 Å². The summed E-state index contributed by atoms with van der Waals surface area (Å²) >= 11 is 0. The minimum Gasteiger partial charge on any atom is -0.472 e. The van der Waals surface area contributed by atoms with Crippen molar-refractivity contribution in [1.29, 1.82) is 0 Å². The van der Waals surface area contributed by atoms with Gasteiger partial charge in [0.05, 0.1) is 32.0 Å². The molecule has 0 amide bonds. The van der Waals surface area contributed by atoms with E-state index >= 15 is 0 Å². The number of hydrogen-bond donors (Lipinski definition) is 0. The Labute approximate surface area is 250 Å². The monoisotopic (exact) mass is 600 g/mol. The molecule has 5 fully saturated rings. The SMILES string of the molecule is CCC(=O)O[C@@H]1[C@H]2C(=O)[C@](C)([C@H]3CC[C@]4(C)[C@@H](CC(=O)O[C@H]4c4ccoc4)[C@]34O[C@H]24)[C@@H]([C@@H](OC(C)=O)C(=O)OC)C1(C)C. The molecule has 1 aromatic rings. The van der Waals surface area contributed by atoms with Gasteiger partial charge in [0.2, 0.25) is 6.10 Å². The largest absolute Gasteiger partial charge is 0.472 e. The number of epoxide rings is 1. The summed E-state index contributed by atoms with van der Waals surface area (Å²) in [5.74, 6) is -5.08. The predicted octanol–water partition coefficient (Wildman–Crippen LogP) is 3.73. The van der Waals surface area contributed by atoms with Gasteiger partial charge in [0.1, 0.15) is 29.7 Å². The van der Waals surface area contributed by atoms with Gasteiger partial charge in [0.25, 0.3) is 0 Å². The Balaban J connectivity index is 1.54. The van der Waals surface area contributed by atoms with Crippen LogP contribution in [0.1, 0.15) is 78.9 Å². The molecule has 2 aliphatic heterocycles. The number of cyclic esters (lactones) is 1. The van der Waals surface area contributed by atoms with Crippen molar-refractivity contribution in [2.45, 2.75) is 97.2 Å². The quantitative estimate of drug-likeness (QED) is 0.267. The van der Waals surface area contributed by atoms with Crippen molar-refractivity contribution in [3.8, 4) is 0 Å². The summed E-state index contributed by atoms with van der Waals surface area (Å²) < 4.78 is 34.9. The average molecular weight is 601 g/mol. The van der Waals surface area contributed by atoms with E-state index in [2.05, 4.69) is 6.92 Å². The third-order valence-electron chi connectivity index (χ3n) is 11.6. The Kier molecular flexibility index (Phi) is 6.69. The third kappa shape index (κ3) is 3.85. The van der Waals surface area contributed by atoms with Crippen molar-refractivity contribution >= 4 is 29.7 Å². The van der Waals surface area contributed by atoms with Crippen LogP contribution in [0.3, 0.4) is 0 Å². The molecule has 234 valence electrons. The molecule has 3 aliphatic carbocycles. The highest BCUT2D eigenvalue weighted by atomic mass is 16.6. The standard InChI is InChI=1S/C32H40O11/c1-8-19(34)41-26-21-24(36)31(6,23(29(26,3)4)22(28(37)38-7)40-15(2)33)17-9-11-30(5)18(32(17)27(21)43-32)13-20(35)42-25(30)16-10-12-39-14-16/h10,12,14,17-18,21-23,25-27H,8-9,11,13H2,1-7H3/t17-,18-,21-,22-,23+,25+,26-,27-,30-,31-,32-/m1/s1. The molecule has 0 unspecified atom stereocenters.